The Kier molecular flexibility index (Phi) is 3.64. The number of rotatable bonds is 4. The second-order valence-electron chi connectivity index (χ2n) is 3.18. The van der Waals surface area contributed by atoms with Crippen LogP contribution in [0.5, 0.6) is 0 Å². The molecule has 0 aliphatic heterocycles. The van der Waals surface area contributed by atoms with Gasteiger partial charge in [0.15, 0.2) is 0 Å². The highest BCUT2D eigenvalue weighted by molar-refractivity contribution is 5.26. The average Bonchev–Trinajstić information content (AvgIpc) is 2.15. The molecule has 72 valence electrons. The summed E-state index contributed by atoms with van der Waals surface area (Å²) in [5.74, 6) is 0.747. The van der Waals surface area contributed by atoms with E-state index >= 15 is 0 Å². The molecule has 13 heavy (non-hydrogen) atoms. The first-order chi connectivity index (χ1) is 6.24. The molecule has 1 heterocycles. The van der Waals surface area contributed by atoms with E-state index in [0.717, 1.165) is 30.9 Å². The van der Waals surface area contributed by atoms with Crippen LogP contribution in [0.3, 0.4) is 0 Å². The molecule has 0 saturated heterocycles. The molecule has 0 amide bonds. The Morgan fingerprint density at radius 3 is 2.38 bits per heavy atom. The molecule has 0 atom stereocenters. The van der Waals surface area contributed by atoms with E-state index in [1.165, 1.54) is 0 Å². The molecular weight excluding hydrogens is 164 g/mol. The van der Waals surface area contributed by atoms with Crippen molar-refractivity contribution >= 4 is 5.95 Å². The monoisotopic (exact) mass is 180 g/mol. The van der Waals surface area contributed by atoms with Crippen molar-refractivity contribution in [2.45, 2.75) is 12.8 Å². The zero-order valence-corrected chi connectivity index (χ0v) is 8.20. The van der Waals surface area contributed by atoms with E-state index < -0.39 is 0 Å². The van der Waals surface area contributed by atoms with Gasteiger partial charge >= 0.3 is 0 Å². The van der Waals surface area contributed by atoms with Gasteiger partial charge in [-0.1, -0.05) is 0 Å². The van der Waals surface area contributed by atoms with Gasteiger partial charge in [-0.3, -0.25) is 0 Å². The number of aromatic nitrogens is 2. The molecule has 0 unspecified atom stereocenters. The summed E-state index contributed by atoms with van der Waals surface area (Å²) in [6.45, 7) is 0.718. The molecule has 0 aliphatic rings. The topological polar surface area (TPSA) is 55.0 Å². The van der Waals surface area contributed by atoms with Crippen molar-refractivity contribution < 1.29 is 0 Å². The van der Waals surface area contributed by atoms with Crippen LogP contribution < -0.4 is 10.6 Å². The Hall–Kier alpha value is -1.16. The van der Waals surface area contributed by atoms with Crippen molar-refractivity contribution in [3.8, 4) is 0 Å². The minimum Gasteiger partial charge on any atom is -0.347 e. The van der Waals surface area contributed by atoms with E-state index in [2.05, 4.69) is 9.97 Å². The predicted octanol–water partition coefficient (Wildman–Crippen LogP) is 0.434. The van der Waals surface area contributed by atoms with Crippen molar-refractivity contribution in [2.24, 2.45) is 5.73 Å². The van der Waals surface area contributed by atoms with Crippen molar-refractivity contribution in [1.82, 2.24) is 9.97 Å². The van der Waals surface area contributed by atoms with Gasteiger partial charge in [0.2, 0.25) is 5.95 Å². The first-order valence-corrected chi connectivity index (χ1v) is 4.42. The highest BCUT2D eigenvalue weighted by Gasteiger charge is 1.98. The summed E-state index contributed by atoms with van der Waals surface area (Å²) in [5.41, 5.74) is 6.55. The Morgan fingerprint density at radius 1 is 1.31 bits per heavy atom. The van der Waals surface area contributed by atoms with Gasteiger partial charge in [-0.15, -0.1) is 0 Å². The lowest BCUT2D eigenvalue weighted by Crippen LogP contribution is -2.12. The summed E-state index contributed by atoms with van der Waals surface area (Å²) in [7, 11) is 3.85. The van der Waals surface area contributed by atoms with Crippen LogP contribution in [0.4, 0.5) is 5.95 Å². The van der Waals surface area contributed by atoms with Crippen LogP contribution >= 0.6 is 0 Å². The molecule has 0 radical (unpaired) electrons. The minimum atomic E-state index is 0.718. The van der Waals surface area contributed by atoms with Gasteiger partial charge in [-0.05, 0) is 24.9 Å². The summed E-state index contributed by atoms with van der Waals surface area (Å²) >= 11 is 0. The van der Waals surface area contributed by atoms with Crippen molar-refractivity contribution in [3.05, 3.63) is 18.0 Å². The summed E-state index contributed by atoms with van der Waals surface area (Å²) in [4.78, 5) is 10.3. The highest BCUT2D eigenvalue weighted by Crippen LogP contribution is 2.04. The molecule has 1 aromatic heterocycles. The quantitative estimate of drug-likeness (QED) is 0.730. The third-order valence-electron chi connectivity index (χ3n) is 1.76. The Bertz CT molecular complexity index is 242. The Morgan fingerprint density at radius 2 is 1.92 bits per heavy atom. The lowest BCUT2D eigenvalue weighted by molar-refractivity contribution is 0.820. The van der Waals surface area contributed by atoms with Gasteiger partial charge in [0, 0.05) is 26.5 Å². The number of nitrogens with zero attached hydrogens (tertiary/aromatic N) is 3. The van der Waals surface area contributed by atoms with Crippen LogP contribution in [0, 0.1) is 0 Å². The van der Waals surface area contributed by atoms with Crippen molar-refractivity contribution in [3.63, 3.8) is 0 Å². The lowest BCUT2D eigenvalue weighted by atomic mass is 10.2. The molecule has 0 fully saturated rings. The number of hydrogen-bond acceptors (Lipinski definition) is 4. The van der Waals surface area contributed by atoms with Crippen LogP contribution in [0.1, 0.15) is 12.0 Å². The zero-order valence-electron chi connectivity index (χ0n) is 8.20. The third kappa shape index (κ3) is 2.99. The maximum atomic E-state index is 5.41. The van der Waals surface area contributed by atoms with Gasteiger partial charge in [0.05, 0.1) is 0 Å². The molecule has 0 spiro atoms. The first kappa shape index (κ1) is 9.92. The van der Waals surface area contributed by atoms with E-state index in [0.29, 0.717) is 0 Å². The summed E-state index contributed by atoms with van der Waals surface area (Å²) in [6, 6.07) is 0. The first-order valence-electron chi connectivity index (χ1n) is 4.42. The second-order valence-corrected chi connectivity index (χ2v) is 3.18. The maximum Gasteiger partial charge on any atom is 0.224 e. The standard InChI is InChI=1S/C9H16N4/c1-13(2)9-11-6-8(7-12-9)4-3-5-10/h6-7H,3-5,10H2,1-2H3. The highest BCUT2D eigenvalue weighted by atomic mass is 15.2. The second kappa shape index (κ2) is 4.77. The van der Waals surface area contributed by atoms with E-state index in [1.807, 2.05) is 31.4 Å². The molecular formula is C9H16N4. The Balaban J connectivity index is 2.59. The van der Waals surface area contributed by atoms with E-state index in [4.69, 9.17) is 5.73 Å². The number of nitrogens with two attached hydrogens (primary N) is 1. The van der Waals surface area contributed by atoms with E-state index in [9.17, 15) is 0 Å². The summed E-state index contributed by atoms with van der Waals surface area (Å²) in [5, 5.41) is 0. The molecule has 4 heteroatoms. The molecule has 0 aromatic carbocycles. The van der Waals surface area contributed by atoms with Crippen molar-refractivity contribution in [1.29, 1.82) is 0 Å². The summed E-state index contributed by atoms with van der Waals surface area (Å²) in [6.07, 6.45) is 5.67. The van der Waals surface area contributed by atoms with E-state index in [-0.39, 0.29) is 0 Å². The van der Waals surface area contributed by atoms with Crippen LogP contribution in [-0.2, 0) is 6.42 Å². The fourth-order valence-electron chi connectivity index (χ4n) is 1.01. The van der Waals surface area contributed by atoms with Crippen molar-refractivity contribution in [2.75, 3.05) is 25.5 Å². The van der Waals surface area contributed by atoms with Crippen LogP contribution in [-0.4, -0.2) is 30.6 Å². The minimum absolute atomic E-state index is 0.718. The van der Waals surface area contributed by atoms with Gasteiger partial charge in [-0.25, -0.2) is 9.97 Å². The van der Waals surface area contributed by atoms with Crippen LogP contribution in [0.2, 0.25) is 0 Å². The fourth-order valence-corrected chi connectivity index (χ4v) is 1.01. The zero-order chi connectivity index (χ0) is 9.68. The third-order valence-corrected chi connectivity index (χ3v) is 1.76. The van der Waals surface area contributed by atoms with Crippen LogP contribution in [0.15, 0.2) is 12.4 Å². The van der Waals surface area contributed by atoms with Gasteiger partial charge in [-0.2, -0.15) is 0 Å². The van der Waals surface area contributed by atoms with Gasteiger partial charge < -0.3 is 10.6 Å². The molecule has 4 nitrogen and oxygen atoms in total. The normalized spacial score (nSPS) is 10.1. The number of hydrogen-bond donors (Lipinski definition) is 1. The molecule has 1 rings (SSSR count). The smallest absolute Gasteiger partial charge is 0.224 e. The number of aryl methyl sites for hydroxylation is 1. The van der Waals surface area contributed by atoms with E-state index in [1.54, 1.807) is 0 Å². The molecule has 0 saturated carbocycles. The molecule has 0 bridgehead atoms. The van der Waals surface area contributed by atoms with Gasteiger partial charge in [0.25, 0.3) is 0 Å². The lowest BCUT2D eigenvalue weighted by Gasteiger charge is -2.09. The SMILES string of the molecule is CN(C)c1ncc(CCCN)cn1. The predicted molar refractivity (Wildman–Crippen MR) is 53.7 cm³/mol. The molecule has 2 N–H and O–H groups in total. The maximum absolute atomic E-state index is 5.41. The average molecular weight is 180 g/mol. The molecule has 0 aliphatic carbocycles. The molecule has 1 aromatic rings. The van der Waals surface area contributed by atoms with Crippen LogP contribution in [0.25, 0.3) is 0 Å². The van der Waals surface area contributed by atoms with Gasteiger partial charge in [0.1, 0.15) is 0 Å². The largest absolute Gasteiger partial charge is 0.347 e. The summed E-state index contributed by atoms with van der Waals surface area (Å²) < 4.78 is 0. The fraction of sp³-hybridized carbons (Fsp3) is 0.556. The number of anilines is 1. The Labute approximate surface area is 78.8 Å².